The van der Waals surface area contributed by atoms with Crippen LogP contribution >= 0.6 is 22.9 Å². The summed E-state index contributed by atoms with van der Waals surface area (Å²) >= 11 is 7.58. The van der Waals surface area contributed by atoms with Crippen molar-refractivity contribution in [1.82, 2.24) is 29.7 Å². The second-order valence-electron chi connectivity index (χ2n) is 9.49. The minimum absolute atomic E-state index is 0.0760. The Morgan fingerprint density at radius 2 is 1.97 bits per heavy atom. The molecule has 0 aromatic carbocycles. The van der Waals surface area contributed by atoms with Gasteiger partial charge in [-0.3, -0.25) is 4.90 Å². The van der Waals surface area contributed by atoms with Crippen molar-refractivity contribution < 1.29 is 4.79 Å². The molecule has 1 aliphatic heterocycles. The molecule has 4 heterocycles. The number of anilines is 3. The van der Waals surface area contributed by atoms with Crippen molar-refractivity contribution >= 4 is 56.1 Å². The molecule has 0 spiro atoms. The SMILES string of the molecule is CN(C)C(=O)N1CCN(Cc2ccnc(Nc3nc4ccc(N(C)C5C=CC(Cl)=CC5)nc4s3)c2)CC1. The lowest BCUT2D eigenvalue weighted by Crippen LogP contribution is -2.51. The first-order valence-electron chi connectivity index (χ1n) is 12.3. The predicted molar refractivity (Wildman–Crippen MR) is 151 cm³/mol. The number of nitrogens with one attached hydrogen (secondary N) is 1. The number of allylic oxidation sites excluding steroid dienone is 2. The second-order valence-corrected chi connectivity index (χ2v) is 10.9. The van der Waals surface area contributed by atoms with Crippen LogP contribution in [0.2, 0.25) is 0 Å². The first-order valence-corrected chi connectivity index (χ1v) is 13.5. The maximum atomic E-state index is 12.2. The Hall–Kier alpha value is -3.21. The van der Waals surface area contributed by atoms with Gasteiger partial charge in [0.05, 0.1) is 6.04 Å². The molecule has 0 radical (unpaired) electrons. The Bertz CT molecular complexity index is 1330. The molecule has 9 nitrogen and oxygen atoms in total. The van der Waals surface area contributed by atoms with Gasteiger partial charge in [-0.2, -0.15) is 0 Å². The molecule has 3 aromatic heterocycles. The molecule has 0 bridgehead atoms. The summed E-state index contributed by atoms with van der Waals surface area (Å²) < 4.78 is 0. The number of urea groups is 1. The zero-order chi connectivity index (χ0) is 25.9. The highest BCUT2D eigenvalue weighted by atomic mass is 35.5. The number of carbonyl (C=O) groups excluding carboxylic acids is 1. The number of halogens is 1. The Labute approximate surface area is 226 Å². The first kappa shape index (κ1) is 25.4. The predicted octanol–water partition coefficient (Wildman–Crippen LogP) is 4.52. The molecule has 11 heteroatoms. The van der Waals surface area contributed by atoms with Crippen molar-refractivity contribution in [3.63, 3.8) is 0 Å². The van der Waals surface area contributed by atoms with Crippen molar-refractivity contribution in [2.75, 3.05) is 57.5 Å². The number of hydrogen-bond donors (Lipinski definition) is 1. The van der Waals surface area contributed by atoms with E-state index in [4.69, 9.17) is 21.6 Å². The van der Waals surface area contributed by atoms with Gasteiger partial charge in [0, 0.05) is 65.1 Å². The van der Waals surface area contributed by atoms with Crippen LogP contribution in [-0.2, 0) is 6.54 Å². The van der Waals surface area contributed by atoms with E-state index in [1.807, 2.05) is 48.5 Å². The van der Waals surface area contributed by atoms with Crippen LogP contribution in [0.1, 0.15) is 12.0 Å². The second kappa shape index (κ2) is 11.0. The maximum absolute atomic E-state index is 12.2. The third-order valence-corrected chi connectivity index (χ3v) is 7.78. The van der Waals surface area contributed by atoms with Gasteiger partial charge in [0.2, 0.25) is 0 Å². The van der Waals surface area contributed by atoms with Gasteiger partial charge >= 0.3 is 6.03 Å². The number of pyridine rings is 2. The fourth-order valence-corrected chi connectivity index (χ4v) is 5.49. The van der Waals surface area contributed by atoms with Gasteiger partial charge in [-0.1, -0.05) is 35.1 Å². The van der Waals surface area contributed by atoms with E-state index in [1.54, 1.807) is 19.0 Å². The standard InChI is InChI=1S/C26H31ClN8OS/c1-32(2)26(36)35-14-12-34(13-15-35)17-18-10-11-28-22(16-18)30-25-29-21-8-9-23(31-24(21)37-25)33(3)20-6-4-19(27)5-7-20/h4-6,8-11,16,20H,7,12-15,17H2,1-3H3,(H,28,29,30). The number of fused-ring (bicyclic) bond motifs is 1. The molecule has 2 aliphatic rings. The van der Waals surface area contributed by atoms with E-state index in [9.17, 15) is 4.79 Å². The first-order chi connectivity index (χ1) is 17.9. The molecule has 1 atom stereocenters. The topological polar surface area (TPSA) is 80.7 Å². The minimum Gasteiger partial charge on any atom is -0.353 e. The van der Waals surface area contributed by atoms with Crippen LogP contribution in [0.3, 0.4) is 0 Å². The Kier molecular flexibility index (Phi) is 7.59. The largest absolute Gasteiger partial charge is 0.353 e. The maximum Gasteiger partial charge on any atom is 0.319 e. The Balaban J connectivity index is 1.21. The summed E-state index contributed by atoms with van der Waals surface area (Å²) in [4.78, 5) is 35.2. The van der Waals surface area contributed by atoms with E-state index in [1.165, 1.54) is 16.9 Å². The van der Waals surface area contributed by atoms with E-state index in [2.05, 4.69) is 32.2 Å². The smallest absolute Gasteiger partial charge is 0.319 e. The lowest BCUT2D eigenvalue weighted by Gasteiger charge is -2.35. The highest BCUT2D eigenvalue weighted by molar-refractivity contribution is 7.21. The molecule has 1 fully saturated rings. The van der Waals surface area contributed by atoms with Crippen molar-refractivity contribution in [3.8, 4) is 0 Å². The van der Waals surface area contributed by atoms with E-state index >= 15 is 0 Å². The molecule has 1 unspecified atom stereocenters. The quantitative estimate of drug-likeness (QED) is 0.494. The number of thiazole rings is 1. The molecule has 0 saturated carbocycles. The van der Waals surface area contributed by atoms with Crippen LogP contribution in [0.5, 0.6) is 0 Å². The third-order valence-electron chi connectivity index (χ3n) is 6.62. The lowest BCUT2D eigenvalue weighted by molar-refractivity contribution is 0.120. The number of hydrogen-bond acceptors (Lipinski definition) is 8. The van der Waals surface area contributed by atoms with Crippen molar-refractivity contribution in [2.45, 2.75) is 19.0 Å². The van der Waals surface area contributed by atoms with Crippen LogP contribution in [0.15, 0.2) is 53.7 Å². The molecule has 5 rings (SSSR count). The van der Waals surface area contributed by atoms with Gasteiger partial charge in [0.15, 0.2) is 5.13 Å². The number of nitrogens with zero attached hydrogens (tertiary/aromatic N) is 7. The van der Waals surface area contributed by atoms with E-state index in [0.717, 1.165) is 71.3 Å². The zero-order valence-electron chi connectivity index (χ0n) is 21.3. The summed E-state index contributed by atoms with van der Waals surface area (Å²) in [6.07, 6.45) is 8.75. The highest BCUT2D eigenvalue weighted by Crippen LogP contribution is 2.30. The van der Waals surface area contributed by atoms with E-state index in [0.29, 0.717) is 0 Å². The van der Waals surface area contributed by atoms with Gasteiger partial charge in [-0.25, -0.2) is 19.7 Å². The summed E-state index contributed by atoms with van der Waals surface area (Å²) in [6, 6.07) is 8.41. The van der Waals surface area contributed by atoms with Gasteiger partial charge in [-0.15, -0.1) is 0 Å². The van der Waals surface area contributed by atoms with Gasteiger partial charge in [0.25, 0.3) is 0 Å². The summed E-state index contributed by atoms with van der Waals surface area (Å²) in [5.74, 6) is 1.66. The third kappa shape index (κ3) is 6.03. The van der Waals surface area contributed by atoms with Crippen LogP contribution in [0.25, 0.3) is 10.3 Å². The summed E-state index contributed by atoms with van der Waals surface area (Å²) in [7, 11) is 5.64. The minimum atomic E-state index is 0.0760. The summed E-state index contributed by atoms with van der Waals surface area (Å²) in [6.45, 7) is 4.00. The lowest BCUT2D eigenvalue weighted by atomic mass is 10.1. The Morgan fingerprint density at radius 1 is 1.16 bits per heavy atom. The molecule has 2 amide bonds. The van der Waals surface area contributed by atoms with Crippen LogP contribution < -0.4 is 10.2 Å². The van der Waals surface area contributed by atoms with Gasteiger partial charge < -0.3 is 20.0 Å². The van der Waals surface area contributed by atoms with Crippen LogP contribution in [0.4, 0.5) is 21.6 Å². The molecule has 1 N–H and O–H groups in total. The van der Waals surface area contributed by atoms with Crippen LogP contribution in [-0.4, -0.2) is 89.0 Å². The average Bonchev–Trinajstić information content (AvgIpc) is 3.30. The molecule has 1 saturated heterocycles. The van der Waals surface area contributed by atoms with Crippen molar-refractivity contribution in [1.29, 1.82) is 0 Å². The normalized spacial score (nSPS) is 18.1. The van der Waals surface area contributed by atoms with Gasteiger partial charge in [-0.05, 0) is 42.3 Å². The van der Waals surface area contributed by atoms with Crippen molar-refractivity contribution in [3.05, 3.63) is 59.3 Å². The molecule has 3 aromatic rings. The number of likely N-dealkylation sites (N-methyl/N-ethyl adjacent to an activating group) is 1. The van der Waals surface area contributed by atoms with E-state index in [-0.39, 0.29) is 12.1 Å². The van der Waals surface area contributed by atoms with E-state index < -0.39 is 0 Å². The number of amides is 2. The monoisotopic (exact) mass is 538 g/mol. The Morgan fingerprint density at radius 3 is 2.70 bits per heavy atom. The molecule has 1 aliphatic carbocycles. The number of carbonyl (C=O) groups is 1. The zero-order valence-corrected chi connectivity index (χ0v) is 22.8. The number of aromatic nitrogens is 3. The summed E-state index contributed by atoms with van der Waals surface area (Å²) in [5, 5.41) is 4.89. The summed E-state index contributed by atoms with van der Waals surface area (Å²) in [5.41, 5.74) is 2.02. The van der Waals surface area contributed by atoms with Crippen molar-refractivity contribution in [2.24, 2.45) is 0 Å². The molecule has 194 valence electrons. The highest BCUT2D eigenvalue weighted by Gasteiger charge is 2.22. The molecular formula is C26H31ClN8OS. The average molecular weight is 539 g/mol. The molecular weight excluding hydrogens is 508 g/mol. The van der Waals surface area contributed by atoms with Gasteiger partial charge in [0.1, 0.15) is 22.0 Å². The molecule has 37 heavy (non-hydrogen) atoms. The number of rotatable bonds is 6. The van der Waals surface area contributed by atoms with Crippen LogP contribution in [0, 0.1) is 0 Å². The fourth-order valence-electron chi connectivity index (χ4n) is 4.49. The fraction of sp³-hybridized carbons (Fsp3) is 0.385. The number of piperazine rings is 1.